The zero-order chi connectivity index (χ0) is 13.1. The fourth-order valence-electron chi connectivity index (χ4n) is 1.04. The number of aromatic hydroxyl groups is 1. The first kappa shape index (κ1) is 13.6. The molecule has 1 aromatic rings. The Labute approximate surface area is 105 Å². The Morgan fingerprint density at radius 2 is 2.18 bits per heavy atom. The lowest BCUT2D eigenvalue weighted by molar-refractivity contribution is 0.0523. The van der Waals surface area contributed by atoms with Crippen LogP contribution in [0.1, 0.15) is 26.5 Å². The number of hydrogen-bond acceptors (Lipinski definition) is 4. The average molecular weight is 259 g/mol. The molecule has 17 heavy (non-hydrogen) atoms. The normalized spacial score (nSPS) is 11.1. The first-order valence-corrected chi connectivity index (χ1v) is 5.47. The van der Waals surface area contributed by atoms with Gasteiger partial charge in [0.15, 0.2) is 10.9 Å². The minimum absolute atomic E-state index is 0.00786. The first-order chi connectivity index (χ1) is 7.78. The predicted molar refractivity (Wildman–Crippen MR) is 64.0 cm³/mol. The Morgan fingerprint density at radius 1 is 1.53 bits per heavy atom. The van der Waals surface area contributed by atoms with Crippen molar-refractivity contribution in [2.45, 2.75) is 32.9 Å². The minimum atomic E-state index is -0.538. The molecule has 0 aliphatic rings. The third kappa shape index (κ3) is 4.91. The van der Waals surface area contributed by atoms with Gasteiger partial charge >= 0.3 is 6.09 Å². The van der Waals surface area contributed by atoms with E-state index >= 15 is 0 Å². The molecule has 1 heterocycles. The summed E-state index contributed by atoms with van der Waals surface area (Å²) in [5, 5.41) is 11.7. The van der Waals surface area contributed by atoms with Crippen molar-refractivity contribution in [3.05, 3.63) is 23.0 Å². The summed E-state index contributed by atoms with van der Waals surface area (Å²) in [7, 11) is 0. The number of aromatic nitrogens is 1. The van der Waals surface area contributed by atoms with Crippen LogP contribution in [0.2, 0.25) is 5.15 Å². The van der Waals surface area contributed by atoms with Crippen LogP contribution < -0.4 is 5.32 Å². The molecule has 1 rings (SSSR count). The fraction of sp³-hybridized carbons (Fsp3) is 0.455. The van der Waals surface area contributed by atoms with Crippen LogP contribution in [0, 0.1) is 0 Å². The Hall–Kier alpha value is -1.49. The molecule has 5 nitrogen and oxygen atoms in total. The van der Waals surface area contributed by atoms with Gasteiger partial charge in [0.2, 0.25) is 0 Å². The summed E-state index contributed by atoms with van der Waals surface area (Å²) in [5.41, 5.74) is 0.00284. The summed E-state index contributed by atoms with van der Waals surface area (Å²) >= 11 is 5.63. The van der Waals surface area contributed by atoms with Gasteiger partial charge in [-0.15, -0.1) is 0 Å². The SMILES string of the molecule is CC(C)(C)OC(=O)NCc1ccc(O)c(Cl)n1. The molecule has 1 aromatic heterocycles. The third-order valence-corrected chi connectivity index (χ3v) is 1.98. The van der Waals surface area contributed by atoms with E-state index in [1.807, 2.05) is 0 Å². The molecule has 94 valence electrons. The summed E-state index contributed by atoms with van der Waals surface area (Å²) < 4.78 is 5.05. The van der Waals surface area contributed by atoms with Crippen LogP contribution in [-0.4, -0.2) is 21.8 Å². The lowest BCUT2D eigenvalue weighted by Crippen LogP contribution is -2.32. The Balaban J connectivity index is 2.50. The monoisotopic (exact) mass is 258 g/mol. The standard InChI is InChI=1S/C11H15ClN2O3/c1-11(2,3)17-10(16)13-6-7-4-5-8(15)9(12)14-7/h4-5,15H,6H2,1-3H3,(H,13,16). The van der Waals surface area contributed by atoms with Crippen molar-refractivity contribution in [1.29, 1.82) is 0 Å². The number of hydrogen-bond donors (Lipinski definition) is 2. The summed E-state index contributed by atoms with van der Waals surface area (Å²) in [6.07, 6.45) is -0.525. The van der Waals surface area contributed by atoms with E-state index in [1.165, 1.54) is 6.07 Å². The van der Waals surface area contributed by atoms with Crippen molar-refractivity contribution in [1.82, 2.24) is 10.3 Å². The van der Waals surface area contributed by atoms with E-state index in [0.29, 0.717) is 5.69 Å². The Bertz CT molecular complexity index is 416. The summed E-state index contributed by atoms with van der Waals surface area (Å²) in [4.78, 5) is 15.2. The van der Waals surface area contributed by atoms with Crippen molar-refractivity contribution in [3.63, 3.8) is 0 Å². The highest BCUT2D eigenvalue weighted by atomic mass is 35.5. The van der Waals surface area contributed by atoms with Gasteiger partial charge in [0.1, 0.15) is 5.60 Å². The van der Waals surface area contributed by atoms with Gasteiger partial charge in [-0.2, -0.15) is 0 Å². The van der Waals surface area contributed by atoms with E-state index in [4.69, 9.17) is 21.4 Å². The molecule has 0 unspecified atom stereocenters. The molecule has 0 aliphatic carbocycles. The molecule has 1 amide bonds. The van der Waals surface area contributed by atoms with Crippen LogP contribution in [0.25, 0.3) is 0 Å². The molecule has 0 spiro atoms. The van der Waals surface area contributed by atoms with E-state index in [-0.39, 0.29) is 17.4 Å². The molecular weight excluding hydrogens is 244 g/mol. The van der Waals surface area contributed by atoms with Gasteiger partial charge in [0.25, 0.3) is 0 Å². The largest absolute Gasteiger partial charge is 0.505 e. The second kappa shape index (κ2) is 5.23. The first-order valence-electron chi connectivity index (χ1n) is 5.09. The predicted octanol–water partition coefficient (Wildman–Crippen LogP) is 2.47. The molecule has 6 heteroatoms. The van der Waals surface area contributed by atoms with Gasteiger partial charge in [-0.25, -0.2) is 9.78 Å². The molecule has 0 saturated carbocycles. The zero-order valence-electron chi connectivity index (χ0n) is 9.95. The van der Waals surface area contributed by atoms with Gasteiger partial charge < -0.3 is 15.2 Å². The third-order valence-electron chi connectivity index (χ3n) is 1.70. The van der Waals surface area contributed by atoms with Crippen molar-refractivity contribution in [3.8, 4) is 5.75 Å². The molecule has 0 radical (unpaired) electrons. The maximum absolute atomic E-state index is 11.3. The molecular formula is C11H15ClN2O3. The molecule has 0 aliphatic heterocycles. The number of pyridine rings is 1. The highest BCUT2D eigenvalue weighted by molar-refractivity contribution is 6.30. The smallest absolute Gasteiger partial charge is 0.407 e. The van der Waals surface area contributed by atoms with Crippen molar-refractivity contribution < 1.29 is 14.6 Å². The van der Waals surface area contributed by atoms with E-state index in [1.54, 1.807) is 26.8 Å². The second-order valence-electron chi connectivity index (χ2n) is 4.47. The quantitative estimate of drug-likeness (QED) is 0.800. The van der Waals surface area contributed by atoms with Crippen molar-refractivity contribution in [2.75, 3.05) is 0 Å². The Morgan fingerprint density at radius 3 is 2.71 bits per heavy atom. The van der Waals surface area contributed by atoms with Crippen LogP contribution in [0.3, 0.4) is 0 Å². The van der Waals surface area contributed by atoms with Crippen LogP contribution in [0.15, 0.2) is 12.1 Å². The summed E-state index contributed by atoms with van der Waals surface area (Å²) in [6, 6.07) is 2.99. The number of ether oxygens (including phenoxy) is 1. The maximum atomic E-state index is 11.3. The second-order valence-corrected chi connectivity index (χ2v) is 4.83. The topological polar surface area (TPSA) is 71.5 Å². The molecule has 0 fully saturated rings. The van der Waals surface area contributed by atoms with Gasteiger partial charge in [-0.3, -0.25) is 0 Å². The van der Waals surface area contributed by atoms with Crippen LogP contribution in [0.4, 0.5) is 4.79 Å². The molecule has 0 saturated heterocycles. The van der Waals surface area contributed by atoms with Crippen molar-refractivity contribution >= 4 is 17.7 Å². The zero-order valence-corrected chi connectivity index (χ0v) is 10.7. The van der Waals surface area contributed by atoms with E-state index in [0.717, 1.165) is 0 Å². The van der Waals surface area contributed by atoms with Gasteiger partial charge in [0, 0.05) is 0 Å². The van der Waals surface area contributed by atoms with E-state index in [9.17, 15) is 4.79 Å². The lowest BCUT2D eigenvalue weighted by atomic mass is 10.2. The summed E-state index contributed by atoms with van der Waals surface area (Å²) in [6.45, 7) is 5.53. The van der Waals surface area contributed by atoms with Crippen molar-refractivity contribution in [2.24, 2.45) is 0 Å². The number of rotatable bonds is 2. The van der Waals surface area contributed by atoms with Gasteiger partial charge in [-0.05, 0) is 32.9 Å². The van der Waals surface area contributed by atoms with Gasteiger partial charge in [0.05, 0.1) is 12.2 Å². The fourth-order valence-corrected chi connectivity index (χ4v) is 1.21. The molecule has 2 N–H and O–H groups in total. The van der Waals surface area contributed by atoms with E-state index in [2.05, 4.69) is 10.3 Å². The minimum Gasteiger partial charge on any atom is -0.505 e. The van der Waals surface area contributed by atoms with Crippen LogP contribution in [0.5, 0.6) is 5.75 Å². The average Bonchev–Trinajstić information content (AvgIpc) is 2.17. The number of amides is 1. The molecule has 0 atom stereocenters. The number of alkyl carbamates (subject to hydrolysis) is 1. The summed E-state index contributed by atoms with van der Waals surface area (Å²) in [5.74, 6) is -0.0901. The highest BCUT2D eigenvalue weighted by Crippen LogP contribution is 2.19. The lowest BCUT2D eigenvalue weighted by Gasteiger charge is -2.19. The number of nitrogens with one attached hydrogen (secondary N) is 1. The number of carbonyl (C=O) groups excluding carboxylic acids is 1. The van der Waals surface area contributed by atoms with Gasteiger partial charge in [-0.1, -0.05) is 11.6 Å². The van der Waals surface area contributed by atoms with Crippen LogP contribution >= 0.6 is 11.6 Å². The van der Waals surface area contributed by atoms with E-state index < -0.39 is 11.7 Å². The number of carbonyl (C=O) groups is 1. The molecule has 0 bridgehead atoms. The maximum Gasteiger partial charge on any atom is 0.407 e. The highest BCUT2D eigenvalue weighted by Gasteiger charge is 2.15. The number of halogens is 1. The molecule has 0 aromatic carbocycles. The number of nitrogens with zero attached hydrogens (tertiary/aromatic N) is 1. The van der Waals surface area contributed by atoms with Crippen LogP contribution in [-0.2, 0) is 11.3 Å². The Kier molecular flexibility index (Phi) is 4.17.